The predicted octanol–water partition coefficient (Wildman–Crippen LogP) is 2.36. The predicted molar refractivity (Wildman–Crippen MR) is 47.9 cm³/mol. The van der Waals surface area contributed by atoms with E-state index >= 15 is 0 Å². The summed E-state index contributed by atoms with van der Waals surface area (Å²) in [5.74, 6) is 0. The molecule has 1 fully saturated rings. The Morgan fingerprint density at radius 3 is 2.11 bits per heavy atom. The van der Waals surface area contributed by atoms with E-state index in [4.69, 9.17) is 12.2 Å². The summed E-state index contributed by atoms with van der Waals surface area (Å²) in [7, 11) is 0. The molecular weight excluding hydrogens is 130 g/mol. The number of nitrogens with one attached hydrogen (secondary N) is 1. The van der Waals surface area contributed by atoms with Gasteiger partial charge in [-0.15, -0.1) is 0 Å². The highest BCUT2D eigenvalue weighted by molar-refractivity contribution is 7.80. The molecule has 0 spiro atoms. The molecule has 0 bridgehead atoms. The van der Waals surface area contributed by atoms with Gasteiger partial charge in [0.15, 0.2) is 0 Å². The molecule has 2 heteroatoms. The minimum absolute atomic E-state index is 0. The maximum atomic E-state index is 4.81. The highest BCUT2D eigenvalue weighted by atomic mass is 32.1. The van der Waals surface area contributed by atoms with Crippen LogP contribution in [0.5, 0.6) is 0 Å². The number of hydrogen-bond donors (Lipinski definition) is 1. The first-order chi connectivity index (χ1) is 3.89. The van der Waals surface area contributed by atoms with E-state index in [9.17, 15) is 0 Å². The van der Waals surface area contributed by atoms with Gasteiger partial charge < -0.3 is 5.32 Å². The van der Waals surface area contributed by atoms with Gasteiger partial charge in [-0.1, -0.05) is 33.5 Å². The van der Waals surface area contributed by atoms with E-state index in [0.717, 1.165) is 18.0 Å². The van der Waals surface area contributed by atoms with Crippen molar-refractivity contribution in [2.24, 2.45) is 0 Å². The van der Waals surface area contributed by atoms with Crippen molar-refractivity contribution < 1.29 is 0 Å². The Morgan fingerprint density at radius 1 is 1.44 bits per heavy atom. The second-order valence-electron chi connectivity index (χ2n) is 1.45. The van der Waals surface area contributed by atoms with Gasteiger partial charge in [-0.3, -0.25) is 0 Å². The van der Waals surface area contributed by atoms with Crippen LogP contribution in [0.1, 0.15) is 34.1 Å². The van der Waals surface area contributed by atoms with Gasteiger partial charge in [0.1, 0.15) is 0 Å². The van der Waals surface area contributed by atoms with Crippen LogP contribution in [0.4, 0.5) is 0 Å². The van der Waals surface area contributed by atoms with Crippen molar-refractivity contribution in [3.05, 3.63) is 0 Å². The summed E-state index contributed by atoms with van der Waals surface area (Å²) in [5, 5.41) is 3.05. The molecule has 1 saturated heterocycles. The largest absolute Gasteiger partial charge is 0.380 e. The Hall–Kier alpha value is -0.110. The van der Waals surface area contributed by atoms with Crippen LogP contribution in [0.25, 0.3) is 0 Å². The highest BCUT2D eigenvalue weighted by Gasteiger charge is 2.01. The standard InChI is InChI=1S/C4H7NS.C2H6.CH4/c6-4-2-1-3-5-4;1-2;/h1-3H2,(H,5,6);1-2H3;1H4. The van der Waals surface area contributed by atoms with E-state index in [1.54, 1.807) is 0 Å². The third kappa shape index (κ3) is 5.77. The molecule has 0 aliphatic carbocycles. The first-order valence-corrected chi connectivity index (χ1v) is 3.57. The third-order valence-electron chi connectivity index (χ3n) is 0.903. The molecule has 1 heterocycles. The number of thiocarbonyl (C=S) groups is 1. The fraction of sp³-hybridized carbons (Fsp3) is 0.857. The van der Waals surface area contributed by atoms with Gasteiger partial charge in [-0.2, -0.15) is 0 Å². The van der Waals surface area contributed by atoms with E-state index in [1.165, 1.54) is 6.42 Å². The first kappa shape index (κ1) is 11.7. The minimum atomic E-state index is 0. The zero-order valence-electron chi connectivity index (χ0n) is 5.53. The molecule has 0 aromatic heterocycles. The molecule has 1 aliphatic rings. The van der Waals surface area contributed by atoms with Crippen LogP contribution >= 0.6 is 12.2 Å². The molecule has 1 nitrogen and oxygen atoms in total. The smallest absolute Gasteiger partial charge is 0.0754 e. The zero-order valence-corrected chi connectivity index (χ0v) is 6.35. The lowest BCUT2D eigenvalue weighted by Crippen LogP contribution is -2.10. The second-order valence-corrected chi connectivity index (χ2v) is 1.95. The molecule has 1 rings (SSSR count). The first-order valence-electron chi connectivity index (χ1n) is 3.16. The fourth-order valence-electron chi connectivity index (χ4n) is 0.565. The molecule has 9 heavy (non-hydrogen) atoms. The summed E-state index contributed by atoms with van der Waals surface area (Å²) < 4.78 is 0. The molecule has 1 aliphatic heterocycles. The second kappa shape index (κ2) is 7.89. The summed E-state index contributed by atoms with van der Waals surface area (Å²) in [6.45, 7) is 5.10. The molecule has 0 saturated carbocycles. The van der Waals surface area contributed by atoms with Crippen molar-refractivity contribution in [3.63, 3.8) is 0 Å². The summed E-state index contributed by atoms with van der Waals surface area (Å²) in [5.41, 5.74) is 0. The summed E-state index contributed by atoms with van der Waals surface area (Å²) in [6.07, 6.45) is 2.34. The summed E-state index contributed by atoms with van der Waals surface area (Å²) in [6, 6.07) is 0. The average molecular weight is 147 g/mol. The molecule has 56 valence electrons. The van der Waals surface area contributed by atoms with Crippen LogP contribution in [0, 0.1) is 0 Å². The normalized spacial score (nSPS) is 14.7. The van der Waals surface area contributed by atoms with Crippen LogP contribution in [-0.2, 0) is 0 Å². The van der Waals surface area contributed by atoms with Gasteiger partial charge in [0, 0.05) is 6.54 Å². The monoisotopic (exact) mass is 147 g/mol. The Bertz CT molecular complexity index is 63.3. The molecular formula is C7H17NS. The van der Waals surface area contributed by atoms with E-state index in [-0.39, 0.29) is 7.43 Å². The van der Waals surface area contributed by atoms with E-state index in [2.05, 4.69) is 5.32 Å². The van der Waals surface area contributed by atoms with Crippen molar-refractivity contribution in [1.82, 2.24) is 5.32 Å². The maximum Gasteiger partial charge on any atom is 0.0754 e. The Kier molecular flexibility index (Phi) is 10.2. The molecule has 0 aromatic carbocycles. The number of hydrogen-bond acceptors (Lipinski definition) is 1. The third-order valence-corrected chi connectivity index (χ3v) is 1.25. The van der Waals surface area contributed by atoms with Crippen LogP contribution in [0.15, 0.2) is 0 Å². The van der Waals surface area contributed by atoms with E-state index in [0.29, 0.717) is 0 Å². The minimum Gasteiger partial charge on any atom is -0.380 e. The van der Waals surface area contributed by atoms with Gasteiger partial charge in [-0.05, 0) is 12.8 Å². The Labute approximate surface area is 63.8 Å². The summed E-state index contributed by atoms with van der Waals surface area (Å²) in [4.78, 5) is 1.04. The van der Waals surface area contributed by atoms with Gasteiger partial charge >= 0.3 is 0 Å². The highest BCUT2D eigenvalue weighted by Crippen LogP contribution is 1.96. The van der Waals surface area contributed by atoms with Crippen molar-refractivity contribution >= 4 is 17.2 Å². The fourth-order valence-corrected chi connectivity index (χ4v) is 0.812. The van der Waals surface area contributed by atoms with E-state index < -0.39 is 0 Å². The maximum absolute atomic E-state index is 4.81. The van der Waals surface area contributed by atoms with Crippen LogP contribution in [0.3, 0.4) is 0 Å². The molecule has 0 atom stereocenters. The van der Waals surface area contributed by atoms with Gasteiger partial charge in [-0.25, -0.2) is 0 Å². The van der Waals surface area contributed by atoms with Crippen molar-refractivity contribution in [2.75, 3.05) is 6.54 Å². The number of rotatable bonds is 0. The van der Waals surface area contributed by atoms with Gasteiger partial charge in [0.05, 0.1) is 4.99 Å². The van der Waals surface area contributed by atoms with Crippen molar-refractivity contribution in [3.8, 4) is 0 Å². The quantitative estimate of drug-likeness (QED) is 0.528. The molecule has 0 unspecified atom stereocenters. The van der Waals surface area contributed by atoms with Crippen molar-refractivity contribution in [1.29, 1.82) is 0 Å². The zero-order chi connectivity index (χ0) is 6.41. The molecule has 0 radical (unpaired) electrons. The van der Waals surface area contributed by atoms with Crippen molar-refractivity contribution in [2.45, 2.75) is 34.1 Å². The van der Waals surface area contributed by atoms with E-state index in [1.807, 2.05) is 13.8 Å². The lowest BCUT2D eigenvalue weighted by atomic mass is 10.4. The topological polar surface area (TPSA) is 12.0 Å². The summed E-state index contributed by atoms with van der Waals surface area (Å²) >= 11 is 4.81. The molecule has 1 N–H and O–H groups in total. The van der Waals surface area contributed by atoms with Crippen LogP contribution in [0.2, 0.25) is 0 Å². The lowest BCUT2D eigenvalue weighted by molar-refractivity contribution is 0.913. The molecule has 0 amide bonds. The SMILES string of the molecule is C.CC.S=C1CCCN1. The van der Waals surface area contributed by atoms with Gasteiger partial charge in [0.2, 0.25) is 0 Å². The lowest BCUT2D eigenvalue weighted by Gasteiger charge is -1.84. The Balaban J connectivity index is 0. The Morgan fingerprint density at radius 2 is 2.00 bits per heavy atom. The van der Waals surface area contributed by atoms with Crippen LogP contribution in [-0.4, -0.2) is 11.5 Å². The molecule has 0 aromatic rings. The average Bonchev–Trinajstić information content (AvgIpc) is 2.24. The van der Waals surface area contributed by atoms with Gasteiger partial charge in [0.25, 0.3) is 0 Å². The van der Waals surface area contributed by atoms with Crippen LogP contribution < -0.4 is 5.32 Å².